The van der Waals surface area contributed by atoms with Crippen LogP contribution in [0.25, 0.3) is 0 Å². The van der Waals surface area contributed by atoms with E-state index in [1.165, 1.54) is 0 Å². The summed E-state index contributed by atoms with van der Waals surface area (Å²) < 4.78 is 38.8. The van der Waals surface area contributed by atoms with E-state index < -0.39 is 34.8 Å². The number of carbonyl (C=O) groups is 1. The smallest absolute Gasteiger partial charge is 0.321 e. The van der Waals surface area contributed by atoms with Gasteiger partial charge in [0.1, 0.15) is 11.6 Å². The van der Waals surface area contributed by atoms with Crippen molar-refractivity contribution in [1.82, 2.24) is 14.8 Å². The van der Waals surface area contributed by atoms with Crippen molar-refractivity contribution >= 4 is 23.2 Å². The number of amides is 1. The monoisotopic (exact) mass is 348 g/mol. The second-order valence-corrected chi connectivity index (χ2v) is 5.27. The molecule has 2 N–H and O–H groups in total. The molecule has 0 saturated carbocycles. The molecule has 0 spiro atoms. The first kappa shape index (κ1) is 17.1. The van der Waals surface area contributed by atoms with Crippen LogP contribution in [0, 0.1) is 13.8 Å². The first-order valence-electron chi connectivity index (χ1n) is 6.38. The van der Waals surface area contributed by atoms with E-state index in [1.807, 2.05) is 0 Å². The summed E-state index contributed by atoms with van der Waals surface area (Å²) in [5, 5.41) is 8.42. The fourth-order valence-electron chi connectivity index (χ4n) is 1.94. The van der Waals surface area contributed by atoms with Gasteiger partial charge in [0, 0.05) is 6.20 Å². The van der Waals surface area contributed by atoms with E-state index >= 15 is 0 Å². The van der Waals surface area contributed by atoms with Gasteiger partial charge in [-0.1, -0.05) is 11.6 Å². The van der Waals surface area contributed by atoms with Crippen molar-refractivity contribution in [3.63, 3.8) is 0 Å². The number of alkyl halides is 3. The fourth-order valence-corrected chi connectivity index (χ4v) is 2.17. The number of nitrogens with zero attached hydrogens (tertiary/aromatic N) is 2. The summed E-state index contributed by atoms with van der Waals surface area (Å²) in [6, 6.07) is 0.530. The molecule has 0 aromatic carbocycles. The molecule has 0 saturated heterocycles. The predicted molar refractivity (Wildman–Crippen MR) is 77.4 cm³/mol. The number of pyridine rings is 1. The molecule has 0 aliphatic carbocycles. The maximum Gasteiger partial charge on any atom is 0.417 e. The first-order chi connectivity index (χ1) is 10.6. The molecule has 10 heteroatoms. The topological polar surface area (TPSA) is 79.8 Å². The van der Waals surface area contributed by atoms with Crippen LogP contribution in [0.5, 0.6) is 0 Å². The lowest BCUT2D eigenvalue weighted by molar-refractivity contribution is -0.138. The van der Waals surface area contributed by atoms with Crippen LogP contribution >= 0.6 is 11.6 Å². The van der Waals surface area contributed by atoms with Crippen LogP contribution in [0.3, 0.4) is 0 Å². The highest BCUT2D eigenvalue weighted by Crippen LogP contribution is 2.29. The Labute approximate surface area is 133 Å². The fraction of sp³-hybridized carbons (Fsp3) is 0.308. The van der Waals surface area contributed by atoms with Gasteiger partial charge in [-0.25, -0.2) is 0 Å². The van der Waals surface area contributed by atoms with Gasteiger partial charge < -0.3 is 9.88 Å². The molecule has 2 rings (SSSR count). The largest absolute Gasteiger partial charge is 0.417 e. The highest BCUT2D eigenvalue weighted by molar-refractivity contribution is 6.30. The molecule has 6 nitrogen and oxygen atoms in total. The molecule has 2 aromatic heterocycles. The Balaban J connectivity index is 2.28. The summed E-state index contributed by atoms with van der Waals surface area (Å²) in [5.41, 5.74) is -0.460. The Morgan fingerprint density at radius 3 is 2.61 bits per heavy atom. The molecule has 0 radical (unpaired) electrons. The molecular formula is C13H12ClF3N4O2. The summed E-state index contributed by atoms with van der Waals surface area (Å²) in [7, 11) is 0. The number of aryl methyl sites for hydroxylation is 2. The average molecular weight is 349 g/mol. The van der Waals surface area contributed by atoms with E-state index in [4.69, 9.17) is 11.6 Å². The Hall–Kier alpha value is -2.29. The van der Waals surface area contributed by atoms with Gasteiger partial charge in [0.2, 0.25) is 5.91 Å². The number of hydrogen-bond acceptors (Lipinski definition) is 3. The molecule has 0 unspecified atom stereocenters. The third-order valence-electron chi connectivity index (χ3n) is 3.08. The zero-order valence-corrected chi connectivity index (χ0v) is 12.8. The summed E-state index contributed by atoms with van der Waals surface area (Å²) in [5.74, 6) is -0.671. The number of aromatic nitrogens is 3. The Bertz CT molecular complexity index is 791. The van der Waals surface area contributed by atoms with E-state index in [2.05, 4.69) is 15.5 Å². The predicted octanol–water partition coefficient (Wildman–Crippen LogP) is 2.50. The number of aromatic amines is 1. The van der Waals surface area contributed by atoms with Crippen molar-refractivity contribution in [1.29, 1.82) is 0 Å². The zero-order chi connectivity index (χ0) is 17.4. The van der Waals surface area contributed by atoms with Crippen LogP contribution < -0.4 is 10.9 Å². The lowest BCUT2D eigenvalue weighted by Crippen LogP contribution is -2.29. The number of anilines is 1. The molecule has 2 heterocycles. The number of nitrogens with one attached hydrogen (secondary N) is 2. The summed E-state index contributed by atoms with van der Waals surface area (Å²) in [4.78, 5) is 23.8. The van der Waals surface area contributed by atoms with Crippen molar-refractivity contribution in [2.24, 2.45) is 0 Å². The quantitative estimate of drug-likeness (QED) is 0.894. The maximum atomic E-state index is 12.7. The summed E-state index contributed by atoms with van der Waals surface area (Å²) in [6.07, 6.45) is -4.11. The molecule has 0 bridgehead atoms. The van der Waals surface area contributed by atoms with Crippen molar-refractivity contribution < 1.29 is 18.0 Å². The number of halogens is 4. The molecule has 23 heavy (non-hydrogen) atoms. The number of hydrogen-bond donors (Lipinski definition) is 2. The van der Waals surface area contributed by atoms with Gasteiger partial charge in [-0.3, -0.25) is 14.7 Å². The maximum absolute atomic E-state index is 12.7. The minimum Gasteiger partial charge on any atom is -0.321 e. The molecule has 0 atom stereocenters. The molecule has 1 amide bonds. The lowest BCUT2D eigenvalue weighted by Gasteiger charge is -2.12. The number of carbonyl (C=O) groups excluding carboxylic acids is 1. The molecule has 0 aliphatic rings. The summed E-state index contributed by atoms with van der Waals surface area (Å²) in [6.45, 7) is 2.71. The third kappa shape index (κ3) is 3.73. The van der Waals surface area contributed by atoms with Gasteiger partial charge in [-0.05, 0) is 19.9 Å². The molecule has 124 valence electrons. The Kier molecular flexibility index (Phi) is 4.51. The molecule has 0 fully saturated rings. The van der Waals surface area contributed by atoms with E-state index in [0.29, 0.717) is 33.9 Å². The molecule has 2 aromatic rings. The zero-order valence-electron chi connectivity index (χ0n) is 12.1. The van der Waals surface area contributed by atoms with Crippen LogP contribution in [0.4, 0.5) is 18.9 Å². The van der Waals surface area contributed by atoms with Crippen molar-refractivity contribution in [3.8, 4) is 0 Å². The highest BCUT2D eigenvalue weighted by Gasteiger charge is 2.32. The van der Waals surface area contributed by atoms with Crippen LogP contribution in [0.1, 0.15) is 17.0 Å². The van der Waals surface area contributed by atoms with Crippen molar-refractivity contribution in [3.05, 3.63) is 44.6 Å². The van der Waals surface area contributed by atoms with E-state index in [1.54, 1.807) is 13.8 Å². The van der Waals surface area contributed by atoms with Gasteiger partial charge in [-0.15, -0.1) is 0 Å². The lowest BCUT2D eigenvalue weighted by atomic mass is 10.2. The van der Waals surface area contributed by atoms with Gasteiger partial charge in [0.15, 0.2) is 0 Å². The van der Waals surface area contributed by atoms with Gasteiger partial charge >= 0.3 is 6.18 Å². The van der Waals surface area contributed by atoms with Gasteiger partial charge in [0.25, 0.3) is 5.56 Å². The normalized spacial score (nSPS) is 11.6. The average Bonchev–Trinajstić information content (AvgIpc) is 2.74. The standard InChI is InChI=1S/C13H12ClF3N4O2/c1-6-11(7(2)20-19-6)18-10(22)5-21-4-8(13(15,16)17)3-9(14)12(21)23/h3-4H,5H2,1-2H3,(H,18,22)(H,19,20). The highest BCUT2D eigenvalue weighted by atomic mass is 35.5. The summed E-state index contributed by atoms with van der Waals surface area (Å²) >= 11 is 5.52. The third-order valence-corrected chi connectivity index (χ3v) is 3.35. The van der Waals surface area contributed by atoms with Crippen LogP contribution in [-0.2, 0) is 17.5 Å². The molecular weight excluding hydrogens is 337 g/mol. The number of H-pyrrole nitrogens is 1. The van der Waals surface area contributed by atoms with Crippen LogP contribution in [0.2, 0.25) is 5.02 Å². The number of rotatable bonds is 3. The minimum absolute atomic E-state index is 0.418. The van der Waals surface area contributed by atoms with E-state index in [0.717, 1.165) is 0 Å². The Morgan fingerprint density at radius 2 is 2.09 bits per heavy atom. The SMILES string of the molecule is Cc1n[nH]c(C)c1NC(=O)Cn1cc(C(F)(F)F)cc(Cl)c1=O. The molecule has 0 aliphatic heterocycles. The van der Waals surface area contributed by atoms with Crippen molar-refractivity contribution in [2.75, 3.05) is 5.32 Å². The van der Waals surface area contributed by atoms with Crippen molar-refractivity contribution in [2.45, 2.75) is 26.6 Å². The Morgan fingerprint density at radius 1 is 1.43 bits per heavy atom. The first-order valence-corrected chi connectivity index (χ1v) is 6.76. The van der Waals surface area contributed by atoms with E-state index in [9.17, 15) is 22.8 Å². The second-order valence-electron chi connectivity index (χ2n) is 4.86. The second kappa shape index (κ2) is 6.07. The minimum atomic E-state index is -4.67. The van der Waals surface area contributed by atoms with Crippen LogP contribution in [-0.4, -0.2) is 20.7 Å². The van der Waals surface area contributed by atoms with Gasteiger partial charge in [-0.2, -0.15) is 18.3 Å². The van der Waals surface area contributed by atoms with Gasteiger partial charge in [0.05, 0.1) is 22.6 Å². The van der Waals surface area contributed by atoms with Crippen LogP contribution in [0.15, 0.2) is 17.1 Å². The van der Waals surface area contributed by atoms with E-state index in [-0.39, 0.29) is 0 Å².